The largest absolute Gasteiger partial charge is 0.355 e. The number of sulfonamides is 1. The van der Waals surface area contributed by atoms with Crippen molar-refractivity contribution in [2.24, 2.45) is 0 Å². The van der Waals surface area contributed by atoms with Gasteiger partial charge in [-0.1, -0.05) is 47.5 Å². The van der Waals surface area contributed by atoms with Crippen molar-refractivity contribution in [3.8, 4) is 0 Å². The van der Waals surface area contributed by atoms with Crippen LogP contribution in [0.5, 0.6) is 0 Å². The van der Waals surface area contributed by atoms with E-state index in [1.165, 1.54) is 24.3 Å². The third-order valence-corrected chi connectivity index (χ3v) is 7.41. The van der Waals surface area contributed by atoms with E-state index in [1.807, 2.05) is 13.8 Å². The van der Waals surface area contributed by atoms with Gasteiger partial charge in [-0.25, -0.2) is 12.8 Å². The van der Waals surface area contributed by atoms with Gasteiger partial charge in [0.1, 0.15) is 12.4 Å². The molecule has 0 spiro atoms. The number of aryl methyl sites for hydroxylation is 3. The third kappa shape index (κ3) is 6.55. The van der Waals surface area contributed by atoms with E-state index in [-0.39, 0.29) is 17.3 Å². The predicted octanol–water partition coefficient (Wildman–Crippen LogP) is 5.04. The quantitative estimate of drug-likeness (QED) is 0.429. The van der Waals surface area contributed by atoms with Crippen LogP contribution in [-0.4, -0.2) is 27.4 Å². The molecular weight excluding hydrogens is 463 g/mol. The number of rotatable bonds is 9. The van der Waals surface area contributed by atoms with E-state index in [9.17, 15) is 17.6 Å². The lowest BCUT2D eigenvalue weighted by Crippen LogP contribution is -2.41. The summed E-state index contributed by atoms with van der Waals surface area (Å²) in [5.74, 6) is -0.723. The minimum atomic E-state index is -3.99. The van der Waals surface area contributed by atoms with Crippen LogP contribution in [-0.2, 0) is 21.2 Å². The lowest BCUT2D eigenvalue weighted by atomic mass is 10.1. The van der Waals surface area contributed by atoms with Gasteiger partial charge in [-0.2, -0.15) is 0 Å². The molecule has 8 heteroatoms. The Morgan fingerprint density at radius 1 is 1.00 bits per heavy atom. The number of anilines is 1. The van der Waals surface area contributed by atoms with Crippen LogP contribution in [0.3, 0.4) is 0 Å². The highest BCUT2D eigenvalue weighted by atomic mass is 35.5. The lowest BCUT2D eigenvalue weighted by molar-refractivity contribution is -0.119. The first kappa shape index (κ1) is 24.7. The van der Waals surface area contributed by atoms with Gasteiger partial charge < -0.3 is 5.32 Å². The minimum Gasteiger partial charge on any atom is -0.355 e. The average Bonchev–Trinajstić information content (AvgIpc) is 2.78. The number of nitrogens with zero attached hydrogens (tertiary/aromatic N) is 1. The van der Waals surface area contributed by atoms with Gasteiger partial charge in [0.15, 0.2) is 0 Å². The number of carbonyl (C=O) groups is 1. The summed E-state index contributed by atoms with van der Waals surface area (Å²) < 4.78 is 40.9. The van der Waals surface area contributed by atoms with Gasteiger partial charge >= 0.3 is 0 Å². The summed E-state index contributed by atoms with van der Waals surface area (Å²) in [5.41, 5.74) is 3.01. The van der Waals surface area contributed by atoms with Crippen molar-refractivity contribution in [1.29, 1.82) is 0 Å². The third-order valence-electron chi connectivity index (χ3n) is 5.22. The van der Waals surface area contributed by atoms with Crippen LogP contribution >= 0.6 is 11.6 Å². The SMILES string of the molecule is Cc1ccc(S(=O)(=O)N(CC(=O)NCCCc2ccc(F)cc2)c2ccc(C)c(Cl)c2)cc1. The summed E-state index contributed by atoms with van der Waals surface area (Å²) in [7, 11) is -3.99. The zero-order chi connectivity index (χ0) is 24.0. The summed E-state index contributed by atoms with van der Waals surface area (Å²) in [6.07, 6.45) is 1.30. The molecule has 0 atom stereocenters. The minimum absolute atomic E-state index is 0.0916. The molecule has 0 aliphatic heterocycles. The maximum atomic E-state index is 13.4. The van der Waals surface area contributed by atoms with Crippen molar-refractivity contribution >= 4 is 33.2 Å². The highest BCUT2D eigenvalue weighted by Gasteiger charge is 2.27. The molecule has 0 fully saturated rings. The van der Waals surface area contributed by atoms with Crippen LogP contribution in [0.25, 0.3) is 0 Å². The smallest absolute Gasteiger partial charge is 0.264 e. The summed E-state index contributed by atoms with van der Waals surface area (Å²) in [5, 5.41) is 3.18. The zero-order valence-corrected chi connectivity index (χ0v) is 20.1. The molecule has 33 heavy (non-hydrogen) atoms. The molecule has 0 aliphatic rings. The fourth-order valence-corrected chi connectivity index (χ4v) is 4.83. The van der Waals surface area contributed by atoms with Crippen LogP contribution in [0.4, 0.5) is 10.1 Å². The van der Waals surface area contributed by atoms with Gasteiger partial charge in [-0.15, -0.1) is 0 Å². The van der Waals surface area contributed by atoms with Crippen LogP contribution in [0.2, 0.25) is 5.02 Å². The van der Waals surface area contributed by atoms with Gasteiger partial charge in [-0.3, -0.25) is 9.10 Å². The predicted molar refractivity (Wildman–Crippen MR) is 130 cm³/mol. The molecule has 3 aromatic carbocycles. The van der Waals surface area contributed by atoms with Gasteiger partial charge in [0, 0.05) is 11.6 Å². The van der Waals surface area contributed by atoms with Crippen LogP contribution < -0.4 is 9.62 Å². The number of amides is 1. The first-order valence-electron chi connectivity index (χ1n) is 10.5. The highest BCUT2D eigenvalue weighted by Crippen LogP contribution is 2.28. The molecule has 0 unspecified atom stereocenters. The molecule has 0 aromatic heterocycles. The number of halogens is 2. The standard InChI is InChI=1S/C25H26ClFN2O3S/c1-18-5-13-23(14-6-18)33(31,32)29(22-12-7-19(2)24(26)16-22)17-25(30)28-15-3-4-20-8-10-21(27)11-9-20/h5-14,16H,3-4,15,17H2,1-2H3,(H,28,30). The van der Waals surface area contributed by atoms with E-state index in [4.69, 9.17) is 11.6 Å². The molecule has 0 saturated heterocycles. The topological polar surface area (TPSA) is 66.5 Å². The number of nitrogens with one attached hydrogen (secondary N) is 1. The summed E-state index contributed by atoms with van der Waals surface area (Å²) in [4.78, 5) is 12.8. The van der Waals surface area contributed by atoms with E-state index >= 15 is 0 Å². The molecule has 0 heterocycles. The van der Waals surface area contributed by atoms with E-state index in [0.29, 0.717) is 30.1 Å². The molecular formula is C25H26ClFN2O3S. The first-order valence-corrected chi connectivity index (χ1v) is 12.4. The Morgan fingerprint density at radius 2 is 1.67 bits per heavy atom. The first-order chi connectivity index (χ1) is 15.7. The molecule has 1 amide bonds. The van der Waals surface area contributed by atoms with Crippen molar-refractivity contribution in [3.05, 3.63) is 94.3 Å². The molecule has 1 N–H and O–H groups in total. The van der Waals surface area contributed by atoms with Gasteiger partial charge in [0.2, 0.25) is 5.91 Å². The number of hydrogen-bond donors (Lipinski definition) is 1. The maximum Gasteiger partial charge on any atom is 0.264 e. The summed E-state index contributed by atoms with van der Waals surface area (Å²) in [6, 6.07) is 17.6. The molecule has 0 aliphatic carbocycles. The van der Waals surface area contributed by atoms with Crippen LogP contribution in [0.1, 0.15) is 23.1 Å². The molecule has 174 valence electrons. The highest BCUT2D eigenvalue weighted by molar-refractivity contribution is 7.92. The fourth-order valence-electron chi connectivity index (χ4n) is 3.25. The van der Waals surface area contributed by atoms with E-state index in [2.05, 4.69) is 5.32 Å². The Labute approximate surface area is 199 Å². The number of benzene rings is 3. The van der Waals surface area contributed by atoms with E-state index in [0.717, 1.165) is 21.0 Å². The Balaban J connectivity index is 1.73. The normalized spacial score (nSPS) is 11.3. The average molecular weight is 489 g/mol. The lowest BCUT2D eigenvalue weighted by Gasteiger charge is -2.24. The Bertz CT molecular complexity index is 1210. The van der Waals surface area contributed by atoms with Crippen LogP contribution in [0, 0.1) is 19.7 Å². The molecule has 5 nitrogen and oxygen atoms in total. The van der Waals surface area contributed by atoms with Crippen molar-refractivity contribution in [2.45, 2.75) is 31.6 Å². The van der Waals surface area contributed by atoms with Gasteiger partial charge in [-0.05, 0) is 74.2 Å². The van der Waals surface area contributed by atoms with Gasteiger partial charge in [0.05, 0.1) is 10.6 Å². The number of hydrogen-bond acceptors (Lipinski definition) is 3. The monoisotopic (exact) mass is 488 g/mol. The van der Waals surface area contributed by atoms with Crippen molar-refractivity contribution < 1.29 is 17.6 Å². The molecule has 0 saturated carbocycles. The summed E-state index contributed by atoms with van der Waals surface area (Å²) >= 11 is 6.24. The molecule has 3 aromatic rings. The Hall–Kier alpha value is -2.90. The molecule has 0 radical (unpaired) electrons. The van der Waals surface area contributed by atoms with Gasteiger partial charge in [0.25, 0.3) is 10.0 Å². The fraction of sp³-hybridized carbons (Fsp3) is 0.240. The van der Waals surface area contributed by atoms with E-state index in [1.54, 1.807) is 42.5 Å². The second-order valence-corrected chi connectivity index (χ2v) is 10.1. The van der Waals surface area contributed by atoms with Crippen molar-refractivity contribution in [1.82, 2.24) is 5.32 Å². The second-order valence-electron chi connectivity index (χ2n) is 7.84. The van der Waals surface area contributed by atoms with Crippen LogP contribution in [0.15, 0.2) is 71.6 Å². The zero-order valence-electron chi connectivity index (χ0n) is 18.5. The molecule has 3 rings (SSSR count). The number of carbonyl (C=O) groups excluding carboxylic acids is 1. The van der Waals surface area contributed by atoms with E-state index < -0.39 is 15.9 Å². The summed E-state index contributed by atoms with van der Waals surface area (Å²) in [6.45, 7) is 3.67. The Morgan fingerprint density at radius 3 is 2.30 bits per heavy atom. The second kappa shape index (κ2) is 10.8. The molecule has 0 bridgehead atoms. The Kier molecular flexibility index (Phi) is 8.10. The van der Waals surface area contributed by atoms with Crippen molar-refractivity contribution in [3.63, 3.8) is 0 Å². The van der Waals surface area contributed by atoms with Crippen molar-refractivity contribution in [2.75, 3.05) is 17.4 Å². The maximum absolute atomic E-state index is 13.4.